The maximum Gasteiger partial charge on any atom is 0.124 e. The summed E-state index contributed by atoms with van der Waals surface area (Å²) in [4.78, 5) is 0. The first kappa shape index (κ1) is 24.6. The number of rotatable bonds is 7. The van der Waals surface area contributed by atoms with Gasteiger partial charge in [0.2, 0.25) is 0 Å². The van der Waals surface area contributed by atoms with Gasteiger partial charge in [-0.2, -0.15) is 0 Å². The highest BCUT2D eigenvalue weighted by Crippen LogP contribution is 2.27. The fourth-order valence-corrected chi connectivity index (χ4v) is 3.60. The molecule has 28 heavy (non-hydrogen) atoms. The van der Waals surface area contributed by atoms with E-state index in [-0.39, 0.29) is 30.9 Å². The lowest BCUT2D eigenvalue weighted by atomic mass is 9.92. The quantitative estimate of drug-likeness (QED) is 0.587. The van der Waals surface area contributed by atoms with Crippen LogP contribution in [0.15, 0.2) is 48.5 Å². The van der Waals surface area contributed by atoms with Gasteiger partial charge in [0.15, 0.2) is 0 Å². The zero-order chi connectivity index (χ0) is 18.4. The second-order valence-corrected chi connectivity index (χ2v) is 7.21. The Morgan fingerprint density at radius 2 is 1.86 bits per heavy atom. The predicted molar refractivity (Wildman–Crippen MR) is 123 cm³/mol. The third-order valence-electron chi connectivity index (χ3n) is 4.88. The van der Waals surface area contributed by atoms with Crippen molar-refractivity contribution in [3.63, 3.8) is 0 Å². The van der Waals surface area contributed by atoms with Crippen molar-refractivity contribution in [3.8, 4) is 5.75 Å². The van der Waals surface area contributed by atoms with Gasteiger partial charge in [0.05, 0.1) is 6.10 Å². The molecule has 1 fully saturated rings. The molecule has 0 radical (unpaired) electrons. The van der Waals surface area contributed by atoms with E-state index in [2.05, 4.69) is 78.3 Å². The average Bonchev–Trinajstić information content (AvgIpc) is 2.67. The largest absolute Gasteiger partial charge is 0.491 e. The van der Waals surface area contributed by atoms with Gasteiger partial charge in [-0.25, -0.2) is 0 Å². The summed E-state index contributed by atoms with van der Waals surface area (Å²) >= 11 is 0. The Morgan fingerprint density at radius 1 is 1.11 bits per heavy atom. The lowest BCUT2D eigenvalue weighted by Gasteiger charge is -2.34. The smallest absolute Gasteiger partial charge is 0.124 e. The number of halogens is 2. The number of benzene rings is 2. The van der Waals surface area contributed by atoms with E-state index in [4.69, 9.17) is 4.74 Å². The molecule has 3 N–H and O–H groups in total. The monoisotopic (exact) mass is 425 g/mol. The lowest BCUT2D eigenvalue weighted by molar-refractivity contribution is 0.238. The van der Waals surface area contributed by atoms with Crippen LogP contribution in [0.1, 0.15) is 43.9 Å². The van der Waals surface area contributed by atoms with Gasteiger partial charge in [-0.1, -0.05) is 30.3 Å². The van der Waals surface area contributed by atoms with Crippen LogP contribution in [0.5, 0.6) is 5.75 Å². The summed E-state index contributed by atoms with van der Waals surface area (Å²) in [5.74, 6) is 0.964. The Bertz CT molecular complexity index is 697. The van der Waals surface area contributed by atoms with E-state index < -0.39 is 0 Å². The summed E-state index contributed by atoms with van der Waals surface area (Å²) in [6, 6.07) is 17.8. The van der Waals surface area contributed by atoms with Gasteiger partial charge in [-0.05, 0) is 57.0 Å². The molecular weight excluding hydrogens is 393 g/mol. The molecule has 6 heteroatoms. The molecule has 0 bridgehead atoms. The van der Waals surface area contributed by atoms with Gasteiger partial charge in [0.25, 0.3) is 0 Å². The Kier molecular flexibility index (Phi) is 10.7. The number of nitrogens with one attached hydrogen (secondary N) is 3. The first-order valence-corrected chi connectivity index (χ1v) is 9.66. The number of hydrogen-bond acceptors (Lipinski definition) is 4. The fraction of sp³-hybridized carbons (Fsp3) is 0.455. The van der Waals surface area contributed by atoms with Crippen LogP contribution in [-0.4, -0.2) is 25.7 Å². The molecule has 3 rings (SSSR count). The van der Waals surface area contributed by atoms with Crippen LogP contribution in [0.2, 0.25) is 0 Å². The molecule has 2 aromatic carbocycles. The molecule has 4 nitrogen and oxygen atoms in total. The molecule has 1 heterocycles. The summed E-state index contributed by atoms with van der Waals surface area (Å²) < 4.78 is 6.01. The Morgan fingerprint density at radius 3 is 2.54 bits per heavy atom. The first-order chi connectivity index (χ1) is 12.7. The van der Waals surface area contributed by atoms with Crippen molar-refractivity contribution in [2.45, 2.75) is 51.4 Å². The van der Waals surface area contributed by atoms with Gasteiger partial charge >= 0.3 is 0 Å². The number of piperidine rings is 1. The normalized spacial score (nSPS) is 18.7. The van der Waals surface area contributed by atoms with E-state index in [9.17, 15) is 0 Å². The highest BCUT2D eigenvalue weighted by atomic mass is 35.5. The van der Waals surface area contributed by atoms with E-state index >= 15 is 0 Å². The molecule has 2 atom stereocenters. The standard InChI is InChI=1S/C22H31N3O.2ClH/c1-16(2)26-21-12-11-19(23-3)14-18(21)15-25-20-10-7-13-24-22(20)17-8-5-4-6-9-17;;/h4-6,8-9,11-12,14,16,20,22-25H,7,10,13,15H2,1-3H3;2*1H/t20-,22-;;/m0../s1. The molecule has 0 spiro atoms. The molecule has 0 unspecified atom stereocenters. The van der Waals surface area contributed by atoms with Crippen molar-refractivity contribution in [2.24, 2.45) is 0 Å². The lowest BCUT2D eigenvalue weighted by Crippen LogP contribution is -2.45. The molecule has 0 aromatic heterocycles. The van der Waals surface area contributed by atoms with E-state index in [1.807, 2.05) is 7.05 Å². The SMILES string of the molecule is CNc1ccc(OC(C)C)c(CN[C@H]2CCCN[C@H]2c2ccccc2)c1.Cl.Cl. The molecule has 0 aliphatic carbocycles. The number of anilines is 1. The first-order valence-electron chi connectivity index (χ1n) is 9.66. The van der Waals surface area contributed by atoms with E-state index in [0.717, 1.165) is 24.5 Å². The number of ether oxygens (including phenoxy) is 1. The van der Waals surface area contributed by atoms with Crippen molar-refractivity contribution in [2.75, 3.05) is 18.9 Å². The fourth-order valence-electron chi connectivity index (χ4n) is 3.60. The van der Waals surface area contributed by atoms with Gasteiger partial charge in [-0.3, -0.25) is 0 Å². The Balaban J connectivity index is 0.00000196. The predicted octanol–water partition coefficient (Wildman–Crippen LogP) is 4.94. The summed E-state index contributed by atoms with van der Waals surface area (Å²) in [6.45, 7) is 6.02. The van der Waals surface area contributed by atoms with Gasteiger partial charge < -0.3 is 20.7 Å². The summed E-state index contributed by atoms with van der Waals surface area (Å²) in [5, 5.41) is 10.7. The van der Waals surface area contributed by atoms with Crippen molar-refractivity contribution < 1.29 is 4.74 Å². The third-order valence-corrected chi connectivity index (χ3v) is 4.88. The maximum absolute atomic E-state index is 6.01. The Hall–Kier alpha value is -1.46. The van der Waals surface area contributed by atoms with Gasteiger partial charge in [-0.15, -0.1) is 24.8 Å². The van der Waals surface area contributed by atoms with Crippen LogP contribution in [0.4, 0.5) is 5.69 Å². The molecule has 1 aliphatic heterocycles. The minimum absolute atomic E-state index is 0. The molecule has 0 amide bonds. The van der Waals surface area contributed by atoms with Crippen molar-refractivity contribution in [3.05, 3.63) is 59.7 Å². The van der Waals surface area contributed by atoms with E-state index in [0.29, 0.717) is 12.1 Å². The maximum atomic E-state index is 6.01. The second kappa shape index (κ2) is 12.2. The highest BCUT2D eigenvalue weighted by Gasteiger charge is 2.25. The topological polar surface area (TPSA) is 45.3 Å². The van der Waals surface area contributed by atoms with Crippen LogP contribution in [0, 0.1) is 0 Å². The summed E-state index contributed by atoms with van der Waals surface area (Å²) in [5.41, 5.74) is 3.66. The highest BCUT2D eigenvalue weighted by molar-refractivity contribution is 5.85. The van der Waals surface area contributed by atoms with Gasteiger partial charge in [0.1, 0.15) is 5.75 Å². The molecule has 1 saturated heterocycles. The van der Waals surface area contributed by atoms with Crippen LogP contribution >= 0.6 is 24.8 Å². The summed E-state index contributed by atoms with van der Waals surface area (Å²) in [7, 11) is 1.95. The zero-order valence-corrected chi connectivity index (χ0v) is 18.5. The van der Waals surface area contributed by atoms with Crippen LogP contribution in [-0.2, 0) is 6.54 Å². The van der Waals surface area contributed by atoms with E-state index in [1.54, 1.807) is 0 Å². The number of hydrogen-bond donors (Lipinski definition) is 3. The molecule has 2 aromatic rings. The van der Waals surface area contributed by atoms with Gasteiger partial charge in [0, 0.05) is 36.9 Å². The van der Waals surface area contributed by atoms with Crippen LogP contribution in [0.3, 0.4) is 0 Å². The van der Waals surface area contributed by atoms with Crippen LogP contribution in [0.25, 0.3) is 0 Å². The average molecular weight is 426 g/mol. The molecule has 1 aliphatic rings. The molecule has 156 valence electrons. The van der Waals surface area contributed by atoms with Crippen LogP contribution < -0.4 is 20.7 Å². The van der Waals surface area contributed by atoms with Crippen molar-refractivity contribution in [1.82, 2.24) is 10.6 Å². The van der Waals surface area contributed by atoms with E-state index in [1.165, 1.54) is 24.0 Å². The minimum atomic E-state index is 0. The minimum Gasteiger partial charge on any atom is -0.491 e. The molecular formula is C22H33Cl2N3O. The summed E-state index contributed by atoms with van der Waals surface area (Å²) in [6.07, 6.45) is 2.55. The Labute approximate surface area is 181 Å². The second-order valence-electron chi connectivity index (χ2n) is 7.21. The molecule has 0 saturated carbocycles. The third kappa shape index (κ3) is 6.56. The van der Waals surface area contributed by atoms with Crippen molar-refractivity contribution >= 4 is 30.5 Å². The van der Waals surface area contributed by atoms with Crippen molar-refractivity contribution in [1.29, 1.82) is 0 Å². The zero-order valence-electron chi connectivity index (χ0n) is 16.9.